The summed E-state index contributed by atoms with van der Waals surface area (Å²) in [7, 11) is 0. The number of nitrogens with zero attached hydrogens (tertiary/aromatic N) is 2. The molecule has 1 aliphatic heterocycles. The van der Waals surface area contributed by atoms with Crippen molar-refractivity contribution < 1.29 is 9.53 Å². The molecule has 2 heterocycles. The zero-order chi connectivity index (χ0) is 13.7. The standard InChI is InChI=1S/C13H22N4O2/c1-10(2)3-6-17-7-4-12(16-17)15-13(18)11-9-19-8-5-14-11/h4,7,10-11,14H,3,5-6,8-9H2,1-2H3,(H,15,16,18)/t11-/m1/s1. The van der Waals surface area contributed by atoms with Gasteiger partial charge in [0.1, 0.15) is 6.04 Å². The smallest absolute Gasteiger partial charge is 0.245 e. The van der Waals surface area contributed by atoms with Crippen molar-refractivity contribution in [3.8, 4) is 0 Å². The first-order chi connectivity index (χ1) is 9.15. The van der Waals surface area contributed by atoms with Crippen molar-refractivity contribution in [2.45, 2.75) is 32.9 Å². The Kier molecular flexibility index (Phi) is 4.93. The third-order valence-electron chi connectivity index (χ3n) is 3.07. The molecule has 1 saturated heterocycles. The van der Waals surface area contributed by atoms with Gasteiger partial charge in [0, 0.05) is 25.4 Å². The third kappa shape index (κ3) is 4.33. The quantitative estimate of drug-likeness (QED) is 0.829. The van der Waals surface area contributed by atoms with Crippen LogP contribution in [0.3, 0.4) is 0 Å². The van der Waals surface area contributed by atoms with Crippen LogP contribution in [0.25, 0.3) is 0 Å². The minimum atomic E-state index is -0.283. The maximum Gasteiger partial charge on any atom is 0.245 e. The maximum absolute atomic E-state index is 11.9. The zero-order valence-electron chi connectivity index (χ0n) is 11.6. The number of morpholine rings is 1. The first-order valence-electron chi connectivity index (χ1n) is 6.80. The van der Waals surface area contributed by atoms with E-state index in [2.05, 4.69) is 29.6 Å². The molecule has 1 amide bonds. The largest absolute Gasteiger partial charge is 0.378 e. The van der Waals surface area contributed by atoms with Crippen LogP contribution in [0.2, 0.25) is 0 Å². The molecule has 1 fully saturated rings. The predicted molar refractivity (Wildman–Crippen MR) is 72.9 cm³/mol. The molecule has 2 N–H and O–H groups in total. The van der Waals surface area contributed by atoms with Crippen molar-refractivity contribution in [2.75, 3.05) is 25.1 Å². The molecule has 0 aliphatic carbocycles. The van der Waals surface area contributed by atoms with E-state index in [1.54, 1.807) is 0 Å². The Morgan fingerprint density at radius 1 is 1.68 bits per heavy atom. The summed E-state index contributed by atoms with van der Waals surface area (Å²) in [6, 6.07) is 1.54. The zero-order valence-corrected chi connectivity index (χ0v) is 11.6. The highest BCUT2D eigenvalue weighted by atomic mass is 16.5. The molecule has 0 unspecified atom stereocenters. The van der Waals surface area contributed by atoms with E-state index in [9.17, 15) is 4.79 Å². The lowest BCUT2D eigenvalue weighted by atomic mass is 10.1. The van der Waals surface area contributed by atoms with Crippen LogP contribution >= 0.6 is 0 Å². The predicted octanol–water partition coefficient (Wildman–Crippen LogP) is 0.856. The van der Waals surface area contributed by atoms with Crippen LogP contribution in [0.1, 0.15) is 20.3 Å². The highest BCUT2D eigenvalue weighted by Crippen LogP contribution is 2.07. The van der Waals surface area contributed by atoms with Crippen LogP contribution in [-0.4, -0.2) is 41.5 Å². The van der Waals surface area contributed by atoms with E-state index < -0.39 is 0 Å². The maximum atomic E-state index is 11.9. The topological polar surface area (TPSA) is 68.2 Å². The number of hydrogen-bond donors (Lipinski definition) is 2. The van der Waals surface area contributed by atoms with Crippen LogP contribution in [0.5, 0.6) is 0 Å². The first-order valence-corrected chi connectivity index (χ1v) is 6.80. The van der Waals surface area contributed by atoms with Crippen LogP contribution in [0.4, 0.5) is 5.82 Å². The van der Waals surface area contributed by atoms with Crippen LogP contribution < -0.4 is 10.6 Å². The Bertz CT molecular complexity index is 411. The fourth-order valence-corrected chi connectivity index (χ4v) is 1.89. The number of amides is 1. The average molecular weight is 266 g/mol. The van der Waals surface area contributed by atoms with Gasteiger partial charge in [-0.3, -0.25) is 9.48 Å². The molecule has 0 spiro atoms. The number of aryl methyl sites for hydroxylation is 1. The van der Waals surface area contributed by atoms with Crippen molar-refractivity contribution in [1.82, 2.24) is 15.1 Å². The van der Waals surface area contributed by atoms with E-state index in [1.807, 2.05) is 16.9 Å². The van der Waals surface area contributed by atoms with Gasteiger partial charge in [0.2, 0.25) is 5.91 Å². The molecule has 0 saturated carbocycles. The van der Waals surface area contributed by atoms with Crippen LogP contribution in [-0.2, 0) is 16.1 Å². The third-order valence-corrected chi connectivity index (χ3v) is 3.07. The van der Waals surface area contributed by atoms with Gasteiger partial charge in [-0.05, 0) is 12.3 Å². The average Bonchev–Trinajstić information content (AvgIpc) is 2.85. The van der Waals surface area contributed by atoms with Gasteiger partial charge in [0.15, 0.2) is 5.82 Å². The summed E-state index contributed by atoms with van der Waals surface area (Å²) in [4.78, 5) is 11.9. The summed E-state index contributed by atoms with van der Waals surface area (Å²) in [6.07, 6.45) is 2.97. The monoisotopic (exact) mass is 266 g/mol. The number of ether oxygens (including phenoxy) is 1. The summed E-state index contributed by atoms with van der Waals surface area (Å²) in [5.41, 5.74) is 0. The van der Waals surface area contributed by atoms with Crippen LogP contribution in [0.15, 0.2) is 12.3 Å². The first kappa shape index (κ1) is 14.0. The van der Waals surface area contributed by atoms with E-state index in [0.717, 1.165) is 13.0 Å². The molecule has 0 bridgehead atoms. The molecule has 1 aromatic heterocycles. The minimum absolute atomic E-state index is 0.0891. The molecule has 2 rings (SSSR count). The fraction of sp³-hybridized carbons (Fsp3) is 0.692. The molecular weight excluding hydrogens is 244 g/mol. The second-order valence-electron chi connectivity index (χ2n) is 5.22. The Balaban J connectivity index is 1.83. The summed E-state index contributed by atoms with van der Waals surface area (Å²) >= 11 is 0. The highest BCUT2D eigenvalue weighted by molar-refractivity contribution is 5.94. The van der Waals surface area contributed by atoms with Gasteiger partial charge in [-0.1, -0.05) is 13.8 Å². The number of hydrogen-bond acceptors (Lipinski definition) is 4. The van der Waals surface area contributed by atoms with Gasteiger partial charge in [0.25, 0.3) is 0 Å². The second-order valence-corrected chi connectivity index (χ2v) is 5.22. The van der Waals surface area contributed by atoms with E-state index in [-0.39, 0.29) is 11.9 Å². The number of anilines is 1. The summed E-state index contributed by atoms with van der Waals surface area (Å²) in [5.74, 6) is 1.15. The summed E-state index contributed by atoms with van der Waals surface area (Å²) < 4.78 is 7.12. The van der Waals surface area contributed by atoms with Crippen molar-refractivity contribution >= 4 is 11.7 Å². The number of rotatable bonds is 5. The molecule has 6 nitrogen and oxygen atoms in total. The number of carbonyl (C=O) groups is 1. The van der Waals surface area contributed by atoms with Gasteiger partial charge in [-0.2, -0.15) is 5.10 Å². The Labute approximate surface area is 113 Å². The van der Waals surface area contributed by atoms with Crippen molar-refractivity contribution in [3.63, 3.8) is 0 Å². The van der Waals surface area contributed by atoms with Crippen molar-refractivity contribution in [1.29, 1.82) is 0 Å². The van der Waals surface area contributed by atoms with Gasteiger partial charge >= 0.3 is 0 Å². The summed E-state index contributed by atoms with van der Waals surface area (Å²) in [6.45, 7) is 7.02. The molecule has 1 aromatic rings. The van der Waals surface area contributed by atoms with E-state index in [1.165, 1.54) is 0 Å². The second kappa shape index (κ2) is 6.68. The van der Waals surface area contributed by atoms with Gasteiger partial charge in [0.05, 0.1) is 13.2 Å². The lowest BCUT2D eigenvalue weighted by molar-refractivity contribution is -0.120. The minimum Gasteiger partial charge on any atom is -0.378 e. The Morgan fingerprint density at radius 3 is 3.21 bits per heavy atom. The van der Waals surface area contributed by atoms with Crippen LogP contribution in [0, 0.1) is 5.92 Å². The number of carbonyl (C=O) groups excluding carboxylic acids is 1. The lowest BCUT2D eigenvalue weighted by Gasteiger charge is -2.22. The molecule has 6 heteroatoms. The van der Waals surface area contributed by atoms with Crippen molar-refractivity contribution in [3.05, 3.63) is 12.3 Å². The molecule has 0 aromatic carbocycles. The van der Waals surface area contributed by atoms with E-state index in [4.69, 9.17) is 4.74 Å². The van der Waals surface area contributed by atoms with Gasteiger partial charge in [-0.25, -0.2) is 0 Å². The Hall–Kier alpha value is -1.40. The van der Waals surface area contributed by atoms with Gasteiger partial charge in [-0.15, -0.1) is 0 Å². The molecule has 19 heavy (non-hydrogen) atoms. The lowest BCUT2D eigenvalue weighted by Crippen LogP contribution is -2.48. The molecular formula is C13H22N4O2. The normalized spacial score (nSPS) is 19.6. The van der Waals surface area contributed by atoms with Gasteiger partial charge < -0.3 is 15.4 Å². The van der Waals surface area contributed by atoms with E-state index >= 15 is 0 Å². The number of aromatic nitrogens is 2. The molecule has 106 valence electrons. The molecule has 1 atom stereocenters. The highest BCUT2D eigenvalue weighted by Gasteiger charge is 2.21. The summed E-state index contributed by atoms with van der Waals surface area (Å²) in [5, 5.41) is 10.3. The fourth-order valence-electron chi connectivity index (χ4n) is 1.89. The molecule has 0 radical (unpaired) electrons. The Morgan fingerprint density at radius 2 is 2.53 bits per heavy atom. The van der Waals surface area contributed by atoms with Crippen molar-refractivity contribution in [2.24, 2.45) is 5.92 Å². The SMILES string of the molecule is CC(C)CCn1ccc(NC(=O)[C@H]2COCCN2)n1. The van der Waals surface area contributed by atoms with E-state index in [0.29, 0.717) is 31.5 Å². The number of nitrogens with one attached hydrogen (secondary N) is 2. The molecule has 1 aliphatic rings.